The minimum Gasteiger partial charge on any atom is -0.387 e. The number of anilines is 1. The Hall–Kier alpha value is -1.67. The zero-order chi connectivity index (χ0) is 15.4. The Morgan fingerprint density at radius 2 is 2.05 bits per heavy atom. The van der Waals surface area contributed by atoms with E-state index in [2.05, 4.69) is 20.3 Å². The summed E-state index contributed by atoms with van der Waals surface area (Å²) in [6.07, 6.45) is 4.12. The van der Waals surface area contributed by atoms with E-state index in [4.69, 9.17) is 0 Å². The predicted molar refractivity (Wildman–Crippen MR) is 78.2 cm³/mol. The zero-order valence-corrected chi connectivity index (χ0v) is 12.8. The molecule has 0 atom stereocenters. The van der Waals surface area contributed by atoms with E-state index >= 15 is 0 Å². The molecule has 1 rings (SSSR count). The summed E-state index contributed by atoms with van der Waals surface area (Å²) in [6.45, 7) is 3.55. The van der Waals surface area contributed by atoms with E-state index in [1.54, 1.807) is 33.2 Å². The van der Waals surface area contributed by atoms with Crippen molar-refractivity contribution in [3.8, 4) is 0 Å². The first-order valence-electron chi connectivity index (χ1n) is 6.03. The molecule has 3 N–H and O–H groups in total. The number of hydrogen-bond donors (Lipinski definition) is 3. The maximum atomic E-state index is 12.1. The summed E-state index contributed by atoms with van der Waals surface area (Å²) >= 11 is 0. The van der Waals surface area contributed by atoms with E-state index in [9.17, 15) is 13.2 Å². The van der Waals surface area contributed by atoms with Crippen LogP contribution in [0.4, 0.5) is 5.69 Å². The van der Waals surface area contributed by atoms with Crippen LogP contribution in [0.1, 0.15) is 24.2 Å². The van der Waals surface area contributed by atoms with E-state index in [0.29, 0.717) is 11.3 Å². The number of amides is 1. The molecule has 0 fully saturated rings. The monoisotopic (exact) mass is 300 g/mol. The number of nitrogens with zero attached hydrogens (tertiary/aromatic N) is 1. The molecule has 0 bridgehead atoms. The molecular formula is C12H20N4O3S. The standard InChI is InChI=1S/C12H20N4O3S/c1-12(2,16-20(4,18)19)8-15-11(17)9-7-14-6-5-10(9)13-3/h5-7,16H,8H2,1-4H3,(H,13,14)(H,15,17). The predicted octanol–water partition coefficient (Wildman–Crippen LogP) is 0.181. The van der Waals surface area contributed by atoms with Crippen LogP contribution in [0, 0.1) is 0 Å². The van der Waals surface area contributed by atoms with E-state index < -0.39 is 15.6 Å². The maximum Gasteiger partial charge on any atom is 0.255 e. The van der Waals surface area contributed by atoms with E-state index in [1.807, 2.05) is 0 Å². The fourth-order valence-electron chi connectivity index (χ4n) is 1.73. The van der Waals surface area contributed by atoms with Gasteiger partial charge in [-0.25, -0.2) is 13.1 Å². The maximum absolute atomic E-state index is 12.1. The van der Waals surface area contributed by atoms with E-state index in [0.717, 1.165) is 6.26 Å². The largest absolute Gasteiger partial charge is 0.387 e. The number of nitrogens with one attached hydrogen (secondary N) is 3. The van der Waals surface area contributed by atoms with Crippen LogP contribution in [0.15, 0.2) is 18.5 Å². The molecule has 1 heterocycles. The summed E-state index contributed by atoms with van der Waals surface area (Å²) in [5.41, 5.74) is 0.294. The van der Waals surface area contributed by atoms with Crippen molar-refractivity contribution in [2.24, 2.45) is 0 Å². The average molecular weight is 300 g/mol. The summed E-state index contributed by atoms with van der Waals surface area (Å²) in [6, 6.07) is 1.69. The number of pyridine rings is 1. The Labute approximate surface area is 119 Å². The molecule has 0 aliphatic heterocycles. The first-order valence-corrected chi connectivity index (χ1v) is 7.93. The number of hydrogen-bond acceptors (Lipinski definition) is 5. The van der Waals surface area contributed by atoms with Gasteiger partial charge in [-0.3, -0.25) is 9.78 Å². The van der Waals surface area contributed by atoms with Gasteiger partial charge in [0.2, 0.25) is 10.0 Å². The molecule has 0 radical (unpaired) electrons. The highest BCUT2D eigenvalue weighted by molar-refractivity contribution is 7.88. The van der Waals surface area contributed by atoms with Gasteiger partial charge in [-0.15, -0.1) is 0 Å². The van der Waals surface area contributed by atoms with Gasteiger partial charge in [0.05, 0.1) is 11.8 Å². The minimum absolute atomic E-state index is 0.164. The Morgan fingerprint density at radius 1 is 1.40 bits per heavy atom. The van der Waals surface area contributed by atoms with Crippen molar-refractivity contribution in [3.63, 3.8) is 0 Å². The molecule has 0 saturated heterocycles. The van der Waals surface area contributed by atoms with Crippen LogP contribution in [0.3, 0.4) is 0 Å². The summed E-state index contributed by atoms with van der Waals surface area (Å²) in [5.74, 6) is -0.314. The SMILES string of the molecule is CNc1ccncc1C(=O)NCC(C)(C)NS(C)(=O)=O. The Kier molecular flexibility index (Phi) is 5.07. The lowest BCUT2D eigenvalue weighted by atomic mass is 10.1. The molecule has 0 spiro atoms. The highest BCUT2D eigenvalue weighted by Gasteiger charge is 2.23. The summed E-state index contributed by atoms with van der Waals surface area (Å²) in [5, 5.41) is 5.59. The molecule has 0 unspecified atom stereocenters. The van der Waals surface area contributed by atoms with Crippen LogP contribution >= 0.6 is 0 Å². The molecule has 0 aromatic carbocycles. The van der Waals surface area contributed by atoms with Gasteiger partial charge in [-0.2, -0.15) is 0 Å². The third-order valence-corrected chi connectivity index (χ3v) is 3.41. The van der Waals surface area contributed by atoms with E-state index in [-0.39, 0.29) is 12.5 Å². The molecule has 1 aromatic rings. The van der Waals surface area contributed by atoms with Crippen molar-refractivity contribution in [3.05, 3.63) is 24.0 Å². The van der Waals surface area contributed by atoms with Gasteiger partial charge in [0.15, 0.2) is 0 Å². The van der Waals surface area contributed by atoms with Gasteiger partial charge in [0.25, 0.3) is 5.91 Å². The number of rotatable bonds is 6. The third-order valence-electron chi connectivity index (χ3n) is 2.49. The van der Waals surface area contributed by atoms with Crippen molar-refractivity contribution in [2.75, 3.05) is 25.2 Å². The summed E-state index contributed by atoms with van der Waals surface area (Å²) in [7, 11) is -1.62. The first-order chi connectivity index (χ1) is 9.14. The van der Waals surface area contributed by atoms with Gasteiger partial charge in [-0.05, 0) is 19.9 Å². The second-order valence-electron chi connectivity index (χ2n) is 5.11. The third kappa shape index (κ3) is 5.14. The van der Waals surface area contributed by atoms with Crippen molar-refractivity contribution >= 4 is 21.6 Å². The second-order valence-corrected chi connectivity index (χ2v) is 6.86. The van der Waals surface area contributed by atoms with Crippen LogP contribution in [0.25, 0.3) is 0 Å². The smallest absolute Gasteiger partial charge is 0.255 e. The van der Waals surface area contributed by atoms with Gasteiger partial charge in [-0.1, -0.05) is 0 Å². The molecule has 0 aliphatic carbocycles. The lowest BCUT2D eigenvalue weighted by Crippen LogP contribution is -2.51. The van der Waals surface area contributed by atoms with Crippen molar-refractivity contribution in [1.82, 2.24) is 15.0 Å². The Bertz CT molecular complexity index is 584. The average Bonchev–Trinajstić information content (AvgIpc) is 2.33. The zero-order valence-electron chi connectivity index (χ0n) is 12.0. The molecule has 0 saturated carbocycles. The molecule has 8 heteroatoms. The summed E-state index contributed by atoms with van der Waals surface area (Å²) < 4.78 is 24.9. The number of carbonyl (C=O) groups is 1. The molecule has 1 amide bonds. The number of sulfonamides is 1. The van der Waals surface area contributed by atoms with Crippen LogP contribution in [-0.2, 0) is 10.0 Å². The molecule has 112 valence electrons. The minimum atomic E-state index is -3.33. The number of carbonyl (C=O) groups excluding carboxylic acids is 1. The topological polar surface area (TPSA) is 100 Å². The van der Waals surface area contributed by atoms with Gasteiger partial charge in [0, 0.05) is 37.2 Å². The fourth-order valence-corrected chi connectivity index (χ4v) is 2.80. The van der Waals surface area contributed by atoms with Crippen LogP contribution in [0.2, 0.25) is 0 Å². The first kappa shape index (κ1) is 16.4. The normalized spacial score (nSPS) is 12.0. The lowest BCUT2D eigenvalue weighted by Gasteiger charge is -2.25. The van der Waals surface area contributed by atoms with Gasteiger partial charge in [0.1, 0.15) is 0 Å². The number of aromatic nitrogens is 1. The summed E-state index contributed by atoms with van der Waals surface area (Å²) in [4.78, 5) is 16.0. The quantitative estimate of drug-likeness (QED) is 0.696. The van der Waals surface area contributed by atoms with Crippen molar-refractivity contribution in [2.45, 2.75) is 19.4 Å². The lowest BCUT2D eigenvalue weighted by molar-refractivity contribution is 0.0945. The van der Waals surface area contributed by atoms with Crippen molar-refractivity contribution < 1.29 is 13.2 Å². The Morgan fingerprint density at radius 3 is 2.60 bits per heavy atom. The molecule has 1 aromatic heterocycles. The highest BCUT2D eigenvalue weighted by atomic mass is 32.2. The van der Waals surface area contributed by atoms with Gasteiger partial charge < -0.3 is 10.6 Å². The second kappa shape index (κ2) is 6.19. The van der Waals surface area contributed by atoms with E-state index in [1.165, 1.54) is 6.20 Å². The molecule has 20 heavy (non-hydrogen) atoms. The van der Waals surface area contributed by atoms with Crippen LogP contribution in [-0.4, -0.2) is 44.7 Å². The van der Waals surface area contributed by atoms with Crippen LogP contribution in [0.5, 0.6) is 0 Å². The Balaban J connectivity index is 2.72. The van der Waals surface area contributed by atoms with Crippen molar-refractivity contribution in [1.29, 1.82) is 0 Å². The molecule has 7 nitrogen and oxygen atoms in total. The molecular weight excluding hydrogens is 280 g/mol. The van der Waals surface area contributed by atoms with Gasteiger partial charge >= 0.3 is 0 Å². The molecule has 0 aliphatic rings. The van der Waals surface area contributed by atoms with Crippen LogP contribution < -0.4 is 15.4 Å². The fraction of sp³-hybridized carbons (Fsp3) is 0.500. The highest BCUT2D eigenvalue weighted by Crippen LogP contribution is 2.12.